The molecule has 0 radical (unpaired) electrons. The van der Waals surface area contributed by atoms with Gasteiger partial charge >= 0.3 is 12.0 Å². The molecule has 6 rings (SSSR count). The Balaban J connectivity index is 1.18. The minimum Gasteiger partial charge on any atom is -0.495 e. The lowest BCUT2D eigenvalue weighted by molar-refractivity contribution is -0.131. The van der Waals surface area contributed by atoms with Gasteiger partial charge in [0.25, 0.3) is 0 Å². The first-order valence-electron chi connectivity index (χ1n) is 17.3. The summed E-state index contributed by atoms with van der Waals surface area (Å²) in [5.74, 6) is -0.584. The number of urea groups is 1. The zero-order chi connectivity index (χ0) is 39.3. The second-order valence-corrected chi connectivity index (χ2v) is 15.8. The van der Waals surface area contributed by atoms with Crippen LogP contribution in [0.3, 0.4) is 0 Å². The van der Waals surface area contributed by atoms with Crippen molar-refractivity contribution in [3.05, 3.63) is 119 Å². The van der Waals surface area contributed by atoms with Crippen LogP contribution in [0.15, 0.2) is 112 Å². The highest BCUT2D eigenvalue weighted by Gasteiger charge is 2.38. The molecule has 286 valence electrons. The van der Waals surface area contributed by atoms with Gasteiger partial charge in [-0.1, -0.05) is 36.4 Å². The molecule has 1 heterocycles. The number of para-hydroxylation sites is 1. The molecular weight excluding hydrogens is 790 g/mol. The van der Waals surface area contributed by atoms with Gasteiger partial charge in [0.1, 0.15) is 18.1 Å². The van der Waals surface area contributed by atoms with Crippen LogP contribution in [-0.2, 0) is 21.2 Å². The topological polar surface area (TPSA) is 167 Å². The average Bonchev–Trinajstić information content (AvgIpc) is 3.56. The van der Waals surface area contributed by atoms with E-state index in [0.29, 0.717) is 28.4 Å². The Hall–Kier alpha value is -5.64. The van der Waals surface area contributed by atoms with Crippen LogP contribution < -0.4 is 29.7 Å². The normalized spacial score (nSPS) is 15.4. The molecule has 13 nitrogen and oxygen atoms in total. The van der Waals surface area contributed by atoms with Crippen molar-refractivity contribution in [3.8, 4) is 11.5 Å². The number of hydrogen-bond donors (Lipinski definition) is 4. The minimum absolute atomic E-state index is 0.0397. The third kappa shape index (κ3) is 9.36. The predicted octanol–water partition coefficient (Wildman–Crippen LogP) is 6.59. The SMILES string of the molecule is COc1cc(CC(=O)N2C[C@@H](NS(=O)(=O)c3ccc4c(N(C)C)cccc4c3)C[C@H]2COc2ccc(C(=O)O)cc2)ccc1NC(=O)Nc1ccccc1Br. The predicted molar refractivity (Wildman–Crippen MR) is 215 cm³/mol. The van der Waals surface area contributed by atoms with Gasteiger partial charge in [-0.25, -0.2) is 22.7 Å². The molecule has 0 saturated carbocycles. The number of ether oxygens (including phenoxy) is 2. The molecule has 0 spiro atoms. The number of methoxy groups -OCH3 is 1. The van der Waals surface area contributed by atoms with Gasteiger partial charge in [0, 0.05) is 42.2 Å². The number of amides is 3. The molecule has 0 aliphatic carbocycles. The summed E-state index contributed by atoms with van der Waals surface area (Å²) in [7, 11) is 1.33. The largest absolute Gasteiger partial charge is 0.495 e. The molecule has 4 N–H and O–H groups in total. The Morgan fingerprint density at radius 2 is 1.65 bits per heavy atom. The number of anilines is 3. The number of fused-ring (bicyclic) bond motifs is 1. The van der Waals surface area contributed by atoms with Crippen LogP contribution in [0.4, 0.5) is 21.9 Å². The highest BCUT2D eigenvalue weighted by Crippen LogP contribution is 2.30. The molecule has 0 aromatic heterocycles. The van der Waals surface area contributed by atoms with Crippen molar-refractivity contribution in [2.45, 2.75) is 29.8 Å². The monoisotopic (exact) mass is 829 g/mol. The van der Waals surface area contributed by atoms with E-state index in [9.17, 15) is 27.9 Å². The highest BCUT2D eigenvalue weighted by molar-refractivity contribution is 9.10. The van der Waals surface area contributed by atoms with Gasteiger partial charge in [-0.3, -0.25) is 4.79 Å². The molecule has 55 heavy (non-hydrogen) atoms. The zero-order valence-electron chi connectivity index (χ0n) is 30.3. The van der Waals surface area contributed by atoms with Gasteiger partial charge in [-0.2, -0.15) is 0 Å². The van der Waals surface area contributed by atoms with Gasteiger partial charge in [-0.05, 0) is 100 Å². The van der Waals surface area contributed by atoms with E-state index >= 15 is 0 Å². The van der Waals surface area contributed by atoms with E-state index in [1.807, 2.05) is 43.3 Å². The van der Waals surface area contributed by atoms with E-state index < -0.39 is 34.1 Å². The van der Waals surface area contributed by atoms with E-state index in [1.54, 1.807) is 59.5 Å². The lowest BCUT2D eigenvalue weighted by atomic mass is 10.1. The summed E-state index contributed by atoms with van der Waals surface area (Å²) in [5, 5.41) is 16.5. The standard InChI is InChI=1S/C40H40BrN5O8S/c1-45(2)36-10-6-7-27-21-31(16-17-32(27)36)55(51,52)44-28-22-29(24-54-30-14-12-26(13-15-30)39(48)49)46(23-28)38(47)20-25-11-18-35(37(19-25)53-3)43-40(50)42-34-9-5-4-8-33(34)41/h4-19,21,28-29,44H,20,22-24H2,1-3H3,(H,48,49)(H2,42,43,50)/t28-,29-/m0/s1. The number of halogens is 1. The Morgan fingerprint density at radius 1 is 0.909 bits per heavy atom. The number of carboxylic acid groups (broad SMARTS) is 1. The number of nitrogens with zero attached hydrogens (tertiary/aromatic N) is 2. The maximum absolute atomic E-state index is 14.0. The summed E-state index contributed by atoms with van der Waals surface area (Å²) in [6.07, 6.45) is 0.233. The smallest absolute Gasteiger partial charge is 0.335 e. The van der Waals surface area contributed by atoms with Crippen molar-refractivity contribution in [3.63, 3.8) is 0 Å². The number of likely N-dealkylation sites (tertiary alicyclic amines) is 1. The number of benzene rings is 5. The van der Waals surface area contributed by atoms with Crippen molar-refractivity contribution in [2.24, 2.45) is 0 Å². The average molecular weight is 831 g/mol. The molecule has 0 bridgehead atoms. The van der Waals surface area contributed by atoms with Gasteiger partial charge in [0.2, 0.25) is 15.9 Å². The van der Waals surface area contributed by atoms with Gasteiger partial charge in [0.15, 0.2) is 0 Å². The minimum atomic E-state index is -3.98. The summed E-state index contributed by atoms with van der Waals surface area (Å²) in [5.41, 5.74) is 2.66. The molecule has 3 amide bonds. The van der Waals surface area contributed by atoms with Gasteiger partial charge in [-0.15, -0.1) is 0 Å². The number of rotatable bonds is 13. The van der Waals surface area contributed by atoms with Crippen molar-refractivity contribution in [1.29, 1.82) is 0 Å². The molecule has 1 saturated heterocycles. The molecule has 1 fully saturated rings. The zero-order valence-corrected chi connectivity index (χ0v) is 32.7. The number of sulfonamides is 1. The van der Waals surface area contributed by atoms with Crippen LogP contribution in [0.5, 0.6) is 11.5 Å². The Bertz CT molecular complexity index is 2340. The number of nitrogens with one attached hydrogen (secondary N) is 3. The molecule has 1 aliphatic rings. The Kier molecular flexibility index (Phi) is 11.9. The molecule has 5 aromatic rings. The molecule has 1 aliphatic heterocycles. The van der Waals surface area contributed by atoms with Crippen molar-refractivity contribution < 1.29 is 37.4 Å². The molecule has 0 unspecified atom stereocenters. The highest BCUT2D eigenvalue weighted by atomic mass is 79.9. The van der Waals surface area contributed by atoms with Crippen molar-refractivity contribution >= 4 is 71.7 Å². The van der Waals surface area contributed by atoms with Crippen LogP contribution in [0.2, 0.25) is 0 Å². The second-order valence-electron chi connectivity index (χ2n) is 13.2. The Morgan fingerprint density at radius 3 is 2.36 bits per heavy atom. The Labute approximate surface area is 327 Å². The third-order valence-electron chi connectivity index (χ3n) is 9.21. The second kappa shape index (κ2) is 16.8. The summed E-state index contributed by atoms with van der Waals surface area (Å²) >= 11 is 3.41. The fraction of sp³-hybridized carbons (Fsp3) is 0.225. The number of carbonyl (C=O) groups is 3. The van der Waals surface area contributed by atoms with Crippen LogP contribution >= 0.6 is 15.9 Å². The fourth-order valence-corrected chi connectivity index (χ4v) is 8.16. The van der Waals surface area contributed by atoms with E-state index in [2.05, 4.69) is 31.3 Å². The summed E-state index contributed by atoms with van der Waals surface area (Å²) in [6.45, 7) is 0.132. The van der Waals surface area contributed by atoms with Crippen LogP contribution in [-0.4, -0.2) is 82.8 Å². The van der Waals surface area contributed by atoms with E-state index in [1.165, 1.54) is 31.4 Å². The van der Waals surface area contributed by atoms with Crippen molar-refractivity contribution in [1.82, 2.24) is 9.62 Å². The van der Waals surface area contributed by atoms with Crippen LogP contribution in [0.1, 0.15) is 22.3 Å². The van der Waals surface area contributed by atoms with Gasteiger partial charge < -0.3 is 35.0 Å². The fourth-order valence-electron chi connectivity index (χ4n) is 6.50. The third-order valence-corrected chi connectivity index (χ3v) is 11.4. The van der Waals surface area contributed by atoms with E-state index in [0.717, 1.165) is 20.9 Å². The lowest BCUT2D eigenvalue weighted by Crippen LogP contribution is -2.41. The number of carbonyl (C=O) groups excluding carboxylic acids is 2. The molecule has 2 atom stereocenters. The first-order chi connectivity index (χ1) is 26.3. The first kappa shape index (κ1) is 39.1. The molecular formula is C40H40BrN5O8S. The maximum atomic E-state index is 14.0. The first-order valence-corrected chi connectivity index (χ1v) is 19.6. The number of carboxylic acids is 1. The van der Waals surface area contributed by atoms with Crippen LogP contribution in [0, 0.1) is 0 Å². The maximum Gasteiger partial charge on any atom is 0.335 e. The quantitative estimate of drug-likeness (QED) is 0.102. The number of hydrogen-bond acceptors (Lipinski definition) is 8. The van der Waals surface area contributed by atoms with E-state index in [-0.39, 0.29) is 42.4 Å². The van der Waals surface area contributed by atoms with Gasteiger partial charge in [0.05, 0.1) is 41.4 Å². The van der Waals surface area contributed by atoms with Crippen LogP contribution in [0.25, 0.3) is 10.8 Å². The summed E-state index contributed by atoms with van der Waals surface area (Å²) in [6, 6.07) is 27.2. The molecule has 5 aromatic carbocycles. The lowest BCUT2D eigenvalue weighted by Gasteiger charge is -2.25. The summed E-state index contributed by atoms with van der Waals surface area (Å²) in [4.78, 5) is 41.7. The van der Waals surface area contributed by atoms with Crippen molar-refractivity contribution in [2.75, 3.05) is 49.9 Å². The molecule has 15 heteroatoms. The number of aromatic carboxylic acids is 1. The van der Waals surface area contributed by atoms with E-state index in [4.69, 9.17) is 9.47 Å². The summed E-state index contributed by atoms with van der Waals surface area (Å²) < 4.78 is 42.5.